The second-order valence-electron chi connectivity index (χ2n) is 13.3. The van der Waals surface area contributed by atoms with Crippen LogP contribution < -0.4 is 4.74 Å². The molecule has 0 N–H and O–H groups in total. The van der Waals surface area contributed by atoms with Gasteiger partial charge in [0.05, 0.1) is 34.8 Å². The van der Waals surface area contributed by atoms with Gasteiger partial charge in [0.15, 0.2) is 5.69 Å². The van der Waals surface area contributed by atoms with Gasteiger partial charge in [-0.3, -0.25) is 9.13 Å². The summed E-state index contributed by atoms with van der Waals surface area (Å²) < 4.78 is 10.9. The first-order valence-corrected chi connectivity index (χ1v) is 17.8. The highest BCUT2D eigenvalue weighted by molar-refractivity contribution is 6.15. The standard InChI is InChI=1S/C48H28N6O/c1-50-40-15-9-17-42-48(40)39-21-19-37(29-44(39)54(42)46-27-34(23-25-52-46)32-12-6-3-7-13-32)55-36-18-20-38-43(28-36)53(41-16-8-14-35(30-49)47(38)41)45-26-33(22-24-51-45)31-10-4-2-5-11-31/h2-29H. The normalized spacial score (nSPS) is 11.2. The number of ether oxygens (including phenoxy) is 1. The zero-order valence-corrected chi connectivity index (χ0v) is 29.3. The molecule has 7 heteroatoms. The highest BCUT2D eigenvalue weighted by atomic mass is 16.5. The first kappa shape index (κ1) is 31.7. The average molecular weight is 705 g/mol. The third-order valence-corrected chi connectivity index (χ3v) is 10.1. The second kappa shape index (κ2) is 12.9. The zero-order chi connectivity index (χ0) is 36.9. The van der Waals surface area contributed by atoms with Crippen LogP contribution in [0.4, 0.5) is 5.69 Å². The molecule has 0 atom stereocenters. The topological polar surface area (TPSA) is 73.0 Å². The van der Waals surface area contributed by atoms with Crippen molar-refractivity contribution in [2.75, 3.05) is 0 Å². The molecule has 55 heavy (non-hydrogen) atoms. The molecule has 0 bridgehead atoms. The van der Waals surface area contributed by atoms with Crippen LogP contribution in [-0.4, -0.2) is 19.1 Å². The first-order chi connectivity index (χ1) is 27.2. The van der Waals surface area contributed by atoms with Gasteiger partial charge in [0.2, 0.25) is 0 Å². The van der Waals surface area contributed by atoms with Crippen LogP contribution in [0.1, 0.15) is 5.56 Å². The average Bonchev–Trinajstić information content (AvgIpc) is 3.76. The summed E-state index contributed by atoms with van der Waals surface area (Å²) in [6, 6.07) is 54.5. The third-order valence-electron chi connectivity index (χ3n) is 10.1. The monoisotopic (exact) mass is 704 g/mol. The van der Waals surface area contributed by atoms with Crippen molar-refractivity contribution in [3.63, 3.8) is 0 Å². The minimum absolute atomic E-state index is 0.578. The molecular formula is C48H28N6O. The lowest BCUT2D eigenvalue weighted by Crippen LogP contribution is -1.98. The number of nitriles is 1. The van der Waals surface area contributed by atoms with E-state index >= 15 is 0 Å². The number of fused-ring (bicyclic) bond motifs is 6. The molecule has 10 aromatic rings. The number of rotatable bonds is 6. The lowest BCUT2D eigenvalue weighted by Gasteiger charge is -2.12. The molecule has 10 rings (SSSR count). The molecule has 4 heterocycles. The smallest absolute Gasteiger partial charge is 0.197 e. The van der Waals surface area contributed by atoms with E-state index in [-0.39, 0.29) is 0 Å². The highest BCUT2D eigenvalue weighted by Crippen LogP contribution is 2.41. The van der Waals surface area contributed by atoms with Crippen molar-refractivity contribution in [1.29, 1.82) is 5.26 Å². The summed E-state index contributed by atoms with van der Waals surface area (Å²) >= 11 is 0. The van der Waals surface area contributed by atoms with E-state index in [4.69, 9.17) is 21.3 Å². The molecule has 7 nitrogen and oxygen atoms in total. The molecule has 6 aromatic carbocycles. The quantitative estimate of drug-likeness (QED) is 0.162. The largest absolute Gasteiger partial charge is 0.457 e. The molecule has 0 fully saturated rings. The van der Waals surface area contributed by atoms with Crippen LogP contribution in [0.25, 0.3) is 82.3 Å². The third kappa shape index (κ3) is 5.27. The van der Waals surface area contributed by atoms with E-state index in [0.717, 1.165) is 77.5 Å². The lowest BCUT2D eigenvalue weighted by molar-refractivity contribution is 0.484. The van der Waals surface area contributed by atoms with Gasteiger partial charge in [-0.15, -0.1) is 0 Å². The summed E-state index contributed by atoms with van der Waals surface area (Å²) in [5.74, 6) is 2.73. The van der Waals surface area contributed by atoms with Gasteiger partial charge >= 0.3 is 0 Å². The van der Waals surface area contributed by atoms with Gasteiger partial charge in [-0.1, -0.05) is 78.9 Å². The van der Waals surface area contributed by atoms with Crippen LogP contribution in [0.15, 0.2) is 170 Å². The molecule has 0 radical (unpaired) electrons. The predicted molar refractivity (Wildman–Crippen MR) is 219 cm³/mol. The summed E-state index contributed by atoms with van der Waals surface area (Å²) in [6.07, 6.45) is 3.65. The summed E-state index contributed by atoms with van der Waals surface area (Å²) in [5.41, 5.74) is 8.95. The van der Waals surface area contributed by atoms with E-state index in [2.05, 4.69) is 56.4 Å². The molecule has 0 aliphatic carbocycles. The Kier molecular flexibility index (Phi) is 7.43. The van der Waals surface area contributed by atoms with Crippen molar-refractivity contribution in [3.8, 4) is 51.5 Å². The van der Waals surface area contributed by atoms with Crippen LogP contribution in [0.5, 0.6) is 11.5 Å². The van der Waals surface area contributed by atoms with Crippen LogP contribution in [0.3, 0.4) is 0 Å². The molecule has 0 amide bonds. The first-order valence-electron chi connectivity index (χ1n) is 17.8. The Bertz CT molecular complexity index is 2990. The zero-order valence-electron chi connectivity index (χ0n) is 29.3. The molecule has 0 saturated heterocycles. The molecule has 0 unspecified atom stereocenters. The van der Waals surface area contributed by atoms with Crippen molar-refractivity contribution in [1.82, 2.24) is 19.1 Å². The molecule has 0 aliphatic heterocycles. The van der Waals surface area contributed by atoms with E-state index in [0.29, 0.717) is 22.7 Å². The number of benzene rings is 6. The Hall–Kier alpha value is -8.00. The number of hydrogen-bond donors (Lipinski definition) is 0. The highest BCUT2D eigenvalue weighted by Gasteiger charge is 2.20. The van der Waals surface area contributed by atoms with Crippen LogP contribution in [0, 0.1) is 17.9 Å². The van der Waals surface area contributed by atoms with Crippen molar-refractivity contribution in [2.45, 2.75) is 0 Å². The summed E-state index contributed by atoms with van der Waals surface area (Å²) in [5, 5.41) is 13.7. The van der Waals surface area contributed by atoms with Crippen LogP contribution >= 0.6 is 0 Å². The minimum atomic E-state index is 0.578. The lowest BCUT2D eigenvalue weighted by atomic mass is 10.1. The maximum atomic E-state index is 10.1. The van der Waals surface area contributed by atoms with E-state index in [9.17, 15) is 5.26 Å². The van der Waals surface area contributed by atoms with Crippen LogP contribution in [-0.2, 0) is 0 Å². The van der Waals surface area contributed by atoms with Gasteiger partial charge in [-0.25, -0.2) is 14.8 Å². The fourth-order valence-corrected chi connectivity index (χ4v) is 7.72. The second-order valence-corrected chi connectivity index (χ2v) is 13.3. The van der Waals surface area contributed by atoms with Crippen molar-refractivity contribution in [3.05, 3.63) is 187 Å². The van der Waals surface area contributed by atoms with Crippen molar-refractivity contribution < 1.29 is 4.74 Å². The van der Waals surface area contributed by atoms with Gasteiger partial charge in [0, 0.05) is 46.2 Å². The Balaban J connectivity index is 1.13. The maximum Gasteiger partial charge on any atom is 0.197 e. The number of nitrogens with zero attached hydrogens (tertiary/aromatic N) is 6. The van der Waals surface area contributed by atoms with Gasteiger partial charge in [-0.05, 0) is 94.4 Å². The van der Waals surface area contributed by atoms with E-state index in [1.54, 1.807) is 0 Å². The molecule has 0 aliphatic rings. The van der Waals surface area contributed by atoms with Crippen molar-refractivity contribution in [2.24, 2.45) is 0 Å². The molecule has 4 aromatic heterocycles. The Morgan fingerprint density at radius 2 is 1.04 bits per heavy atom. The Morgan fingerprint density at radius 1 is 0.509 bits per heavy atom. The van der Waals surface area contributed by atoms with Crippen LogP contribution in [0.2, 0.25) is 0 Å². The van der Waals surface area contributed by atoms with E-state index < -0.39 is 0 Å². The maximum absolute atomic E-state index is 10.1. The Labute approximate surface area is 316 Å². The van der Waals surface area contributed by atoms with Gasteiger partial charge in [-0.2, -0.15) is 5.26 Å². The SMILES string of the molecule is [C-]#[N+]c1cccc2c1c1ccc(Oc3ccc4c5c(C#N)cccc5n(-c5cc(-c6ccccc6)ccn5)c4c3)cc1n2-c1cc(-c2ccccc2)ccn1. The minimum Gasteiger partial charge on any atom is -0.457 e. The molecule has 0 saturated carbocycles. The summed E-state index contributed by atoms with van der Waals surface area (Å²) in [7, 11) is 0. The van der Waals surface area contributed by atoms with Crippen molar-refractivity contribution >= 4 is 49.3 Å². The fourth-order valence-electron chi connectivity index (χ4n) is 7.72. The molecule has 0 spiro atoms. The van der Waals surface area contributed by atoms with Gasteiger partial charge in [0.25, 0.3) is 0 Å². The van der Waals surface area contributed by atoms with E-state index in [1.165, 1.54) is 0 Å². The van der Waals surface area contributed by atoms with Gasteiger partial charge in [0.1, 0.15) is 23.1 Å². The number of hydrogen-bond acceptors (Lipinski definition) is 4. The predicted octanol–water partition coefficient (Wildman–Crippen LogP) is 12.2. The summed E-state index contributed by atoms with van der Waals surface area (Å²) in [6.45, 7) is 7.97. The number of pyridine rings is 2. The molecular weight excluding hydrogens is 677 g/mol. The Morgan fingerprint density at radius 3 is 1.58 bits per heavy atom. The van der Waals surface area contributed by atoms with E-state index in [1.807, 2.05) is 134 Å². The molecule has 256 valence electrons. The number of aromatic nitrogens is 4. The summed E-state index contributed by atoms with van der Waals surface area (Å²) in [4.78, 5) is 13.5. The van der Waals surface area contributed by atoms with Gasteiger partial charge < -0.3 is 4.74 Å². The fraction of sp³-hybridized carbons (Fsp3) is 0.